The average Bonchev–Trinajstić information content (AvgIpc) is 3.25. The highest BCUT2D eigenvalue weighted by molar-refractivity contribution is 7.45. The maximum absolute atomic E-state index is 12.6. The number of amides is 1. The van der Waals surface area contributed by atoms with Crippen LogP contribution in [0.5, 0.6) is 5.75 Å². The molecule has 0 unspecified atom stereocenters. The van der Waals surface area contributed by atoms with Gasteiger partial charge in [-0.3, -0.25) is 4.79 Å². The lowest BCUT2D eigenvalue weighted by molar-refractivity contribution is 0.0534. The van der Waals surface area contributed by atoms with Gasteiger partial charge in [0.05, 0.1) is 18.8 Å². The number of hydrogen-bond donors (Lipinski definition) is 5. The average molecular weight is 548 g/mol. The number of nitriles is 1. The minimum atomic E-state index is -4.64. The number of ether oxygens (including phenoxy) is 2. The summed E-state index contributed by atoms with van der Waals surface area (Å²) in [6.45, 7) is 4.11. The lowest BCUT2D eigenvalue weighted by Crippen LogP contribution is -2.45. The molecule has 14 heteroatoms. The second-order valence-corrected chi connectivity index (χ2v) is 9.87. The number of cyclic esters (lactones) is 1. The molecule has 1 saturated heterocycles. The summed E-state index contributed by atoms with van der Waals surface area (Å²) in [5.41, 5.74) is 3.62. The van der Waals surface area contributed by atoms with E-state index in [4.69, 9.17) is 34.0 Å². The fraction of sp³-hybridized carbons (Fsp3) is 0.417. The van der Waals surface area contributed by atoms with Gasteiger partial charge in [-0.15, -0.1) is 0 Å². The van der Waals surface area contributed by atoms with Crippen LogP contribution in [0.4, 0.5) is 0 Å². The summed E-state index contributed by atoms with van der Waals surface area (Å²) in [7, 11) is -3.19. The van der Waals surface area contributed by atoms with E-state index in [0.29, 0.717) is 17.9 Å². The van der Waals surface area contributed by atoms with Gasteiger partial charge >= 0.3 is 13.8 Å². The van der Waals surface area contributed by atoms with E-state index in [1.165, 1.54) is 19.4 Å². The van der Waals surface area contributed by atoms with Crippen molar-refractivity contribution < 1.29 is 43.4 Å². The first-order valence-electron chi connectivity index (χ1n) is 11.6. The van der Waals surface area contributed by atoms with Crippen LogP contribution in [0.1, 0.15) is 62.0 Å². The van der Waals surface area contributed by atoms with Crippen molar-refractivity contribution >= 4 is 19.7 Å². The molecule has 204 valence electrons. The molecular formula is C24H29N4O9P. The Morgan fingerprint density at radius 2 is 2.00 bits per heavy atom. The number of fused-ring (bicyclic) bond motifs is 1. The highest BCUT2D eigenvalue weighted by Crippen LogP contribution is 2.30. The second kappa shape index (κ2) is 12.4. The summed E-state index contributed by atoms with van der Waals surface area (Å²) in [6.07, 6.45) is 2.16. The highest BCUT2D eigenvalue weighted by Gasteiger charge is 2.28. The summed E-state index contributed by atoms with van der Waals surface area (Å²) in [6, 6.07) is 6.98. The summed E-state index contributed by atoms with van der Waals surface area (Å²) >= 11 is 0. The molecule has 1 fully saturated rings. The number of aliphatic hydroxyl groups is 1. The Bertz CT molecular complexity index is 1270. The number of piperidine rings is 1. The smallest absolute Gasteiger partial charge is 0.466 e. The Morgan fingerprint density at radius 1 is 1.34 bits per heavy atom. The number of benzene rings is 1. The van der Waals surface area contributed by atoms with Crippen molar-refractivity contribution in [2.24, 2.45) is 0 Å². The lowest BCUT2D eigenvalue weighted by Gasteiger charge is -2.33. The Labute approximate surface area is 218 Å². The molecule has 0 radical (unpaired) electrons. The van der Waals surface area contributed by atoms with Crippen molar-refractivity contribution in [2.75, 3.05) is 26.7 Å². The fourth-order valence-corrected chi connectivity index (χ4v) is 4.40. The third kappa shape index (κ3) is 7.58. The normalized spacial score (nSPS) is 16.4. The number of carbonyl (C=O) groups excluding carboxylic acids is 2. The van der Waals surface area contributed by atoms with Crippen LogP contribution in [0.3, 0.4) is 0 Å². The minimum absolute atomic E-state index is 0.000720. The number of likely N-dealkylation sites (tertiary alicyclic amines) is 1. The molecule has 13 nitrogen and oxygen atoms in total. The first-order chi connectivity index (χ1) is 17.9. The van der Waals surface area contributed by atoms with Gasteiger partial charge in [0, 0.05) is 43.5 Å². The van der Waals surface area contributed by atoms with Crippen LogP contribution in [-0.2, 0) is 15.9 Å². The van der Waals surface area contributed by atoms with Gasteiger partial charge in [0.2, 0.25) is 0 Å². The standard InChI is InChI=1S/C24H26N4O5.H3O4P/c1-14-17(3-4-18-19(14)13-33-24(18)31)21(29)12-28-7-5-16(6-8-28)27-23(30)20-9-22(32-2)15(10-25)11-26-20;1-5(2,3)4/h3-4,9,11,16,21,29H,5-8,12-13H2,1-2H3,(H,27,30);(H3,1,2,3,4)/t21-;/m0./s1. The van der Waals surface area contributed by atoms with Gasteiger partial charge in [0.1, 0.15) is 29.7 Å². The third-order valence-electron chi connectivity index (χ3n) is 6.36. The van der Waals surface area contributed by atoms with E-state index in [9.17, 15) is 14.7 Å². The van der Waals surface area contributed by atoms with E-state index in [1.54, 1.807) is 12.1 Å². The maximum Gasteiger partial charge on any atom is 0.466 e. The van der Waals surface area contributed by atoms with Crippen molar-refractivity contribution in [1.82, 2.24) is 15.2 Å². The summed E-state index contributed by atoms with van der Waals surface area (Å²) in [4.78, 5) is 52.1. The second-order valence-electron chi connectivity index (χ2n) is 8.84. The van der Waals surface area contributed by atoms with Gasteiger partial charge < -0.3 is 39.5 Å². The molecule has 1 amide bonds. The number of hydrogen-bond acceptors (Lipinski definition) is 9. The Hall–Kier alpha value is -3.37. The monoisotopic (exact) mass is 548 g/mol. The lowest BCUT2D eigenvalue weighted by atomic mass is 9.94. The first kappa shape index (κ1) is 29.2. The molecule has 2 aliphatic heterocycles. The summed E-state index contributed by atoms with van der Waals surface area (Å²) in [5.74, 6) is -0.297. The molecule has 38 heavy (non-hydrogen) atoms. The molecule has 5 N–H and O–H groups in total. The molecule has 1 aromatic heterocycles. The zero-order valence-corrected chi connectivity index (χ0v) is 21.7. The van der Waals surface area contributed by atoms with Crippen LogP contribution >= 0.6 is 7.82 Å². The molecule has 0 bridgehead atoms. The minimum Gasteiger partial charge on any atom is -0.495 e. The van der Waals surface area contributed by atoms with Crippen LogP contribution < -0.4 is 10.1 Å². The Kier molecular flexibility index (Phi) is 9.56. The first-order valence-corrected chi connectivity index (χ1v) is 13.2. The fourth-order valence-electron chi connectivity index (χ4n) is 4.40. The number of β-amino-alcohol motifs (C(OH)–C–C–N with tert-alkyl or cyclic N) is 1. The number of nitrogens with one attached hydrogen (secondary N) is 1. The Balaban J connectivity index is 0.000000732. The number of aromatic nitrogens is 1. The van der Waals surface area contributed by atoms with E-state index in [1.807, 2.05) is 13.0 Å². The van der Waals surface area contributed by atoms with Crippen LogP contribution in [0, 0.1) is 18.3 Å². The molecule has 2 aliphatic rings. The molecule has 4 rings (SSSR count). The zero-order valence-electron chi connectivity index (χ0n) is 20.8. The molecule has 0 spiro atoms. The number of carbonyl (C=O) groups is 2. The number of esters is 1. The number of aliphatic hydroxyl groups excluding tert-OH is 1. The molecule has 1 aromatic carbocycles. The van der Waals surface area contributed by atoms with Crippen molar-refractivity contribution in [3.63, 3.8) is 0 Å². The number of phosphoric acid groups is 1. The van der Waals surface area contributed by atoms with Crippen molar-refractivity contribution in [2.45, 2.75) is 38.5 Å². The highest BCUT2D eigenvalue weighted by atomic mass is 31.2. The van der Waals surface area contributed by atoms with E-state index in [0.717, 1.165) is 42.6 Å². The SMILES string of the molecule is COc1cc(C(=O)NC2CCN(C[C@H](O)c3ccc4c(c3C)COC4=O)CC2)ncc1C#N.O=P(O)(O)O. The van der Waals surface area contributed by atoms with Gasteiger partial charge in [-0.2, -0.15) is 5.26 Å². The number of rotatable bonds is 6. The number of pyridine rings is 1. The maximum atomic E-state index is 12.6. The molecule has 3 heterocycles. The van der Waals surface area contributed by atoms with E-state index in [2.05, 4.69) is 15.2 Å². The topological polar surface area (TPSA) is 203 Å². The van der Waals surface area contributed by atoms with Crippen molar-refractivity contribution in [1.29, 1.82) is 5.26 Å². The van der Waals surface area contributed by atoms with Gasteiger partial charge in [-0.1, -0.05) is 6.07 Å². The van der Waals surface area contributed by atoms with Crippen LogP contribution in [-0.4, -0.2) is 74.3 Å². The van der Waals surface area contributed by atoms with Crippen LogP contribution in [0.2, 0.25) is 0 Å². The van der Waals surface area contributed by atoms with Gasteiger partial charge in [-0.25, -0.2) is 14.3 Å². The predicted molar refractivity (Wildman–Crippen MR) is 132 cm³/mol. The largest absolute Gasteiger partial charge is 0.495 e. The van der Waals surface area contributed by atoms with E-state index in [-0.39, 0.29) is 35.8 Å². The number of nitrogens with zero attached hydrogens (tertiary/aromatic N) is 3. The van der Waals surface area contributed by atoms with Crippen molar-refractivity contribution in [3.8, 4) is 11.8 Å². The van der Waals surface area contributed by atoms with Gasteiger partial charge in [-0.05, 0) is 37.0 Å². The van der Waals surface area contributed by atoms with Crippen LogP contribution in [0.25, 0.3) is 0 Å². The molecular weight excluding hydrogens is 519 g/mol. The summed E-state index contributed by atoms with van der Waals surface area (Å²) < 4.78 is 19.1. The van der Waals surface area contributed by atoms with E-state index < -0.39 is 13.9 Å². The number of methoxy groups -OCH3 is 1. The van der Waals surface area contributed by atoms with E-state index >= 15 is 0 Å². The van der Waals surface area contributed by atoms with Gasteiger partial charge in [0.25, 0.3) is 5.91 Å². The molecule has 0 saturated carbocycles. The zero-order chi connectivity index (χ0) is 28.0. The predicted octanol–water partition coefficient (Wildman–Crippen LogP) is 0.940. The third-order valence-corrected chi connectivity index (χ3v) is 6.36. The quantitative estimate of drug-likeness (QED) is 0.253. The molecule has 1 atom stereocenters. The Morgan fingerprint density at radius 3 is 2.61 bits per heavy atom. The summed E-state index contributed by atoms with van der Waals surface area (Å²) in [5, 5.41) is 22.9. The van der Waals surface area contributed by atoms with Crippen molar-refractivity contribution in [3.05, 3.63) is 57.9 Å². The van der Waals surface area contributed by atoms with Gasteiger partial charge in [0.15, 0.2) is 0 Å². The van der Waals surface area contributed by atoms with Crippen LogP contribution in [0.15, 0.2) is 24.4 Å². The molecule has 0 aliphatic carbocycles. The molecule has 2 aromatic rings.